The third-order valence-corrected chi connectivity index (χ3v) is 6.60. The van der Waals surface area contributed by atoms with Gasteiger partial charge in [-0.1, -0.05) is 47.1 Å². The average molecular weight is 495 g/mol. The van der Waals surface area contributed by atoms with Gasteiger partial charge >= 0.3 is 5.97 Å². The fourth-order valence-electron chi connectivity index (χ4n) is 4.29. The molecule has 8 heteroatoms. The van der Waals surface area contributed by atoms with Gasteiger partial charge in [0.1, 0.15) is 11.4 Å². The molecule has 0 bridgehead atoms. The molecule has 4 aromatic rings. The van der Waals surface area contributed by atoms with E-state index in [1.807, 2.05) is 42.5 Å². The molecule has 0 amide bonds. The highest BCUT2D eigenvalue weighted by Crippen LogP contribution is 2.25. The van der Waals surface area contributed by atoms with Gasteiger partial charge in [0.15, 0.2) is 5.76 Å². The summed E-state index contributed by atoms with van der Waals surface area (Å²) in [5.41, 5.74) is 8.39. The third kappa shape index (κ3) is 6.11. The zero-order chi connectivity index (χ0) is 24.9. The molecule has 2 aromatic carbocycles. The molecule has 7 nitrogen and oxygen atoms in total. The molecule has 2 aromatic heterocycles. The first-order chi connectivity index (χ1) is 16.8. The number of aromatic carboxylic acids is 1. The second-order valence-corrected chi connectivity index (χ2v) is 9.57. The lowest BCUT2D eigenvalue weighted by Gasteiger charge is -2.32. The Hall–Kier alpha value is -3.13. The van der Waals surface area contributed by atoms with Gasteiger partial charge in [-0.25, -0.2) is 4.79 Å². The van der Waals surface area contributed by atoms with Crippen molar-refractivity contribution in [1.82, 2.24) is 14.6 Å². The van der Waals surface area contributed by atoms with Crippen molar-refractivity contribution in [3.8, 4) is 11.3 Å². The molecule has 0 unspecified atom stereocenters. The topological polar surface area (TPSA) is 97.5 Å². The van der Waals surface area contributed by atoms with Crippen LogP contribution in [0.25, 0.3) is 22.2 Å². The van der Waals surface area contributed by atoms with Crippen molar-refractivity contribution in [1.29, 1.82) is 0 Å². The van der Waals surface area contributed by atoms with Crippen molar-refractivity contribution in [2.24, 2.45) is 5.73 Å². The van der Waals surface area contributed by atoms with E-state index >= 15 is 0 Å². The molecule has 35 heavy (non-hydrogen) atoms. The summed E-state index contributed by atoms with van der Waals surface area (Å²) in [5, 5.41) is 15.1. The first kappa shape index (κ1) is 25.0. The minimum absolute atomic E-state index is 0.214. The van der Waals surface area contributed by atoms with Gasteiger partial charge in [0.05, 0.1) is 6.54 Å². The number of nitrogens with two attached hydrogens (primary N) is 1. The molecule has 0 spiro atoms. The number of piperidine rings is 1. The number of hydrogen-bond donors (Lipinski definition) is 2. The lowest BCUT2D eigenvalue weighted by Crippen LogP contribution is -2.42. The highest BCUT2D eigenvalue weighted by atomic mass is 35.5. The van der Waals surface area contributed by atoms with Crippen LogP contribution in [0.5, 0.6) is 0 Å². The third-order valence-electron chi connectivity index (χ3n) is 6.35. The van der Waals surface area contributed by atoms with Crippen molar-refractivity contribution < 1.29 is 14.4 Å². The van der Waals surface area contributed by atoms with Gasteiger partial charge in [-0.3, -0.25) is 0 Å². The number of para-hydroxylation sites is 1. The predicted molar refractivity (Wildman–Crippen MR) is 139 cm³/mol. The molecule has 1 saturated heterocycles. The quantitative estimate of drug-likeness (QED) is 0.379. The van der Waals surface area contributed by atoms with E-state index in [1.165, 1.54) is 25.9 Å². The van der Waals surface area contributed by atoms with Crippen molar-refractivity contribution in [2.75, 3.05) is 13.1 Å². The van der Waals surface area contributed by atoms with Crippen molar-refractivity contribution >= 4 is 28.5 Å². The van der Waals surface area contributed by atoms with E-state index < -0.39 is 5.97 Å². The second kappa shape index (κ2) is 11.1. The Kier molecular flexibility index (Phi) is 7.90. The van der Waals surface area contributed by atoms with Crippen molar-refractivity contribution in [3.63, 3.8) is 0 Å². The van der Waals surface area contributed by atoms with Crippen molar-refractivity contribution in [3.05, 3.63) is 77.1 Å². The fourth-order valence-corrected chi connectivity index (χ4v) is 4.42. The number of likely N-dealkylation sites (tertiary alicyclic amines) is 1. The van der Waals surface area contributed by atoms with Gasteiger partial charge in [0.25, 0.3) is 0 Å². The molecular formula is C27H31ClN4O3. The first-order valence-electron chi connectivity index (χ1n) is 11.8. The van der Waals surface area contributed by atoms with Crippen LogP contribution >= 0.6 is 11.6 Å². The standard InChI is InChI=1S/C19H13ClN2O3.C8H18N2/c20-14-7-5-12(6-8-14)16-10-15(25-21-16)11-22-17-4-2-1-3-13(17)9-18(22)19(23)24;1-7(2)10-5-3-8(9)4-6-10/h1-10H,11H2,(H,23,24);7-8H,3-6,9H2,1-2H3. The molecule has 0 aliphatic carbocycles. The lowest BCUT2D eigenvalue weighted by molar-refractivity contribution is 0.0686. The summed E-state index contributed by atoms with van der Waals surface area (Å²) < 4.78 is 7.12. The minimum Gasteiger partial charge on any atom is -0.477 e. The zero-order valence-electron chi connectivity index (χ0n) is 20.0. The largest absolute Gasteiger partial charge is 0.477 e. The van der Waals surface area contributed by atoms with E-state index in [2.05, 4.69) is 23.9 Å². The summed E-state index contributed by atoms with van der Waals surface area (Å²) in [6, 6.07) is 19.5. The van der Waals surface area contributed by atoms with E-state index in [-0.39, 0.29) is 12.2 Å². The van der Waals surface area contributed by atoms with Crippen LogP contribution < -0.4 is 5.73 Å². The van der Waals surface area contributed by atoms with Crippen molar-refractivity contribution in [2.45, 2.75) is 45.3 Å². The molecule has 184 valence electrons. The maximum atomic E-state index is 11.6. The smallest absolute Gasteiger partial charge is 0.352 e. The number of benzene rings is 2. The Balaban J connectivity index is 0.000000243. The zero-order valence-corrected chi connectivity index (χ0v) is 20.8. The number of carboxylic acids is 1. The molecular weight excluding hydrogens is 464 g/mol. The highest BCUT2D eigenvalue weighted by molar-refractivity contribution is 6.30. The van der Waals surface area contributed by atoms with Crippen LogP contribution in [0.4, 0.5) is 0 Å². The van der Waals surface area contributed by atoms with E-state index in [4.69, 9.17) is 21.9 Å². The maximum Gasteiger partial charge on any atom is 0.352 e. The Morgan fingerprint density at radius 2 is 1.83 bits per heavy atom. The summed E-state index contributed by atoms with van der Waals surface area (Å²) in [4.78, 5) is 14.1. The Morgan fingerprint density at radius 3 is 2.49 bits per heavy atom. The number of hydrogen-bond acceptors (Lipinski definition) is 5. The van der Waals surface area contributed by atoms with Gasteiger partial charge in [0, 0.05) is 39.6 Å². The van der Waals surface area contributed by atoms with Gasteiger partial charge in [0.2, 0.25) is 0 Å². The highest BCUT2D eigenvalue weighted by Gasteiger charge is 2.18. The summed E-state index contributed by atoms with van der Waals surface area (Å²) >= 11 is 5.90. The van der Waals surface area contributed by atoms with Crippen LogP contribution in [0.3, 0.4) is 0 Å². The molecule has 3 heterocycles. The molecule has 1 aliphatic heterocycles. The molecule has 0 radical (unpaired) electrons. The lowest BCUT2D eigenvalue weighted by atomic mass is 10.1. The fraction of sp³-hybridized carbons (Fsp3) is 0.333. The van der Waals surface area contributed by atoms with Gasteiger partial charge in [-0.2, -0.15) is 0 Å². The van der Waals surface area contributed by atoms with Gasteiger partial charge in [-0.05, 0) is 64.0 Å². The maximum absolute atomic E-state index is 11.6. The SMILES string of the molecule is CC(C)N1CCC(N)CC1.O=C(O)c1cc2ccccc2n1Cc1cc(-c2ccc(Cl)cc2)no1. The minimum atomic E-state index is -0.978. The van der Waals surface area contributed by atoms with E-state index in [0.717, 1.165) is 16.5 Å². The van der Waals surface area contributed by atoms with Crippen LogP contribution in [0.1, 0.15) is 42.9 Å². The number of halogens is 1. The van der Waals surface area contributed by atoms with E-state index in [1.54, 1.807) is 22.8 Å². The molecule has 0 saturated carbocycles. The van der Waals surface area contributed by atoms with E-state index in [9.17, 15) is 9.90 Å². The van der Waals surface area contributed by atoms with Gasteiger partial charge < -0.3 is 24.8 Å². The molecule has 1 aliphatic rings. The first-order valence-corrected chi connectivity index (χ1v) is 12.2. The average Bonchev–Trinajstić information content (AvgIpc) is 3.46. The van der Waals surface area contributed by atoms with Crippen LogP contribution in [-0.2, 0) is 6.54 Å². The van der Waals surface area contributed by atoms with Crippen LogP contribution in [0, 0.1) is 0 Å². The number of aromatic nitrogens is 2. The van der Waals surface area contributed by atoms with E-state index in [0.29, 0.717) is 28.6 Å². The number of nitrogens with zero attached hydrogens (tertiary/aromatic N) is 3. The second-order valence-electron chi connectivity index (χ2n) is 9.13. The summed E-state index contributed by atoms with van der Waals surface area (Å²) in [5.74, 6) is -0.401. The number of carbonyl (C=O) groups is 1. The van der Waals surface area contributed by atoms with Crippen LogP contribution in [-0.4, -0.2) is 50.9 Å². The Bertz CT molecular complexity index is 1270. The summed E-state index contributed by atoms with van der Waals surface area (Å²) in [7, 11) is 0. The predicted octanol–water partition coefficient (Wildman–Crippen LogP) is 5.51. The van der Waals surface area contributed by atoms with Crippen LogP contribution in [0.2, 0.25) is 5.02 Å². The summed E-state index contributed by atoms with van der Waals surface area (Å²) in [6.45, 7) is 7.17. The number of rotatable bonds is 5. The number of carboxylic acid groups (broad SMARTS) is 1. The normalized spacial score (nSPS) is 14.8. The monoisotopic (exact) mass is 494 g/mol. The Labute approximate surface area is 210 Å². The molecule has 5 rings (SSSR count). The van der Waals surface area contributed by atoms with Crippen LogP contribution in [0.15, 0.2) is 65.2 Å². The number of fused-ring (bicyclic) bond motifs is 1. The molecule has 3 N–H and O–H groups in total. The summed E-state index contributed by atoms with van der Waals surface area (Å²) in [6.07, 6.45) is 2.36. The van der Waals surface area contributed by atoms with Gasteiger partial charge in [-0.15, -0.1) is 0 Å². The Morgan fingerprint density at radius 1 is 1.14 bits per heavy atom. The molecule has 0 atom stereocenters. The molecule has 1 fully saturated rings.